The van der Waals surface area contributed by atoms with Gasteiger partial charge in [-0.05, 0) is 41.0 Å². The zero-order valence-electron chi connectivity index (χ0n) is 17.3. The highest BCUT2D eigenvalue weighted by Gasteiger charge is 2.35. The third-order valence-electron chi connectivity index (χ3n) is 5.23. The van der Waals surface area contributed by atoms with Gasteiger partial charge in [0, 0.05) is 24.8 Å². The van der Waals surface area contributed by atoms with Crippen LogP contribution < -0.4 is 5.32 Å². The van der Waals surface area contributed by atoms with Crippen molar-refractivity contribution in [3.05, 3.63) is 94.5 Å². The van der Waals surface area contributed by atoms with Gasteiger partial charge in [-0.2, -0.15) is 0 Å². The number of carbonyl (C=O) groups is 2. The van der Waals surface area contributed by atoms with Crippen LogP contribution in [0.3, 0.4) is 0 Å². The predicted octanol–water partition coefficient (Wildman–Crippen LogP) is 4.83. The normalized spacial score (nSPS) is 15.4. The summed E-state index contributed by atoms with van der Waals surface area (Å²) < 4.78 is 0. The van der Waals surface area contributed by atoms with Crippen molar-refractivity contribution >= 4 is 40.5 Å². The fourth-order valence-electron chi connectivity index (χ4n) is 3.57. The second-order valence-electron chi connectivity index (χ2n) is 7.65. The number of fused-ring (bicyclic) bond motifs is 1. The van der Waals surface area contributed by atoms with Crippen LogP contribution in [0, 0.1) is 0 Å². The van der Waals surface area contributed by atoms with Crippen LogP contribution in [-0.2, 0) is 16.0 Å². The van der Waals surface area contributed by atoms with Crippen molar-refractivity contribution in [1.82, 2.24) is 4.90 Å². The molecule has 1 heterocycles. The number of nitrogens with one attached hydrogen (secondary N) is 1. The van der Waals surface area contributed by atoms with Crippen molar-refractivity contribution in [1.29, 1.82) is 0 Å². The van der Waals surface area contributed by atoms with E-state index in [-0.39, 0.29) is 11.8 Å². The first kappa shape index (κ1) is 20.8. The first-order valence-corrected chi connectivity index (χ1v) is 10.3. The molecule has 0 radical (unpaired) electrons. The van der Waals surface area contributed by atoms with Crippen molar-refractivity contribution in [3.63, 3.8) is 0 Å². The minimum absolute atomic E-state index is 0.0409. The van der Waals surface area contributed by atoms with E-state index >= 15 is 0 Å². The Kier molecular flexibility index (Phi) is 5.87. The molecule has 2 amide bonds. The molecule has 1 atom stereocenters. The van der Waals surface area contributed by atoms with Gasteiger partial charge in [0.2, 0.25) is 11.8 Å². The number of anilines is 1. The Hall–Kier alpha value is -3.44. The zero-order chi connectivity index (χ0) is 22.0. The molecule has 0 fully saturated rings. The SMILES string of the molecule is CN(C)C(=O)Cc1ccc(N=C(c2ccccc2)C2C(=O)Nc3cc(Cl)ccc32)cc1. The van der Waals surface area contributed by atoms with Crippen LogP contribution >= 0.6 is 11.6 Å². The molecular formula is C25H22ClN3O2. The third-order valence-corrected chi connectivity index (χ3v) is 5.46. The summed E-state index contributed by atoms with van der Waals surface area (Å²) in [7, 11) is 3.48. The van der Waals surface area contributed by atoms with Gasteiger partial charge in [-0.25, -0.2) is 0 Å². The summed E-state index contributed by atoms with van der Waals surface area (Å²) in [5.74, 6) is -0.628. The van der Waals surface area contributed by atoms with E-state index in [1.54, 1.807) is 31.1 Å². The molecule has 31 heavy (non-hydrogen) atoms. The van der Waals surface area contributed by atoms with E-state index in [1.807, 2.05) is 60.7 Å². The highest BCUT2D eigenvalue weighted by molar-refractivity contribution is 6.31. The van der Waals surface area contributed by atoms with E-state index in [0.29, 0.717) is 22.8 Å². The largest absolute Gasteiger partial charge is 0.349 e. The zero-order valence-corrected chi connectivity index (χ0v) is 18.1. The molecular weight excluding hydrogens is 410 g/mol. The standard InChI is InChI=1S/C25H22ClN3O2/c1-29(2)22(30)14-16-8-11-19(12-9-16)27-24(17-6-4-3-5-7-17)23-20-13-10-18(26)15-21(20)28-25(23)31/h3-13,15,23H,14H2,1-2H3,(H,28,31). The minimum atomic E-state index is -0.537. The van der Waals surface area contributed by atoms with Crippen LogP contribution in [0.1, 0.15) is 22.6 Å². The average molecular weight is 432 g/mol. The van der Waals surface area contributed by atoms with Crippen molar-refractivity contribution in [2.45, 2.75) is 12.3 Å². The molecule has 4 rings (SSSR count). The number of rotatable bonds is 5. The van der Waals surface area contributed by atoms with Gasteiger partial charge >= 0.3 is 0 Å². The lowest BCUT2D eigenvalue weighted by molar-refractivity contribution is -0.128. The van der Waals surface area contributed by atoms with Crippen molar-refractivity contribution in [3.8, 4) is 0 Å². The molecule has 1 unspecified atom stereocenters. The van der Waals surface area contributed by atoms with Crippen LogP contribution in [-0.4, -0.2) is 36.5 Å². The smallest absolute Gasteiger partial charge is 0.238 e. The molecule has 0 aliphatic carbocycles. The van der Waals surface area contributed by atoms with Gasteiger partial charge in [-0.15, -0.1) is 0 Å². The fraction of sp³-hybridized carbons (Fsp3) is 0.160. The predicted molar refractivity (Wildman–Crippen MR) is 124 cm³/mol. The second-order valence-corrected chi connectivity index (χ2v) is 8.08. The lowest BCUT2D eigenvalue weighted by Crippen LogP contribution is -2.23. The maximum Gasteiger partial charge on any atom is 0.238 e. The second kappa shape index (κ2) is 8.74. The Morgan fingerprint density at radius 1 is 1.03 bits per heavy atom. The number of nitrogens with zero attached hydrogens (tertiary/aromatic N) is 2. The highest BCUT2D eigenvalue weighted by Crippen LogP contribution is 2.37. The lowest BCUT2D eigenvalue weighted by Gasteiger charge is -2.14. The molecule has 3 aromatic carbocycles. The van der Waals surface area contributed by atoms with Gasteiger partial charge < -0.3 is 10.2 Å². The first-order chi connectivity index (χ1) is 14.9. The molecule has 0 saturated carbocycles. The monoisotopic (exact) mass is 431 g/mol. The molecule has 1 N–H and O–H groups in total. The summed E-state index contributed by atoms with van der Waals surface area (Å²) in [6, 6.07) is 22.6. The summed E-state index contributed by atoms with van der Waals surface area (Å²) in [5.41, 5.74) is 4.73. The number of carbonyl (C=O) groups excluding carboxylic acids is 2. The lowest BCUT2D eigenvalue weighted by atomic mass is 9.90. The van der Waals surface area contributed by atoms with Gasteiger partial charge in [0.25, 0.3) is 0 Å². The Labute approximate surface area is 186 Å². The highest BCUT2D eigenvalue weighted by atomic mass is 35.5. The number of halogens is 1. The van der Waals surface area contributed by atoms with E-state index in [9.17, 15) is 9.59 Å². The molecule has 0 spiro atoms. The topological polar surface area (TPSA) is 61.8 Å². The van der Waals surface area contributed by atoms with Gasteiger partial charge in [0.15, 0.2) is 0 Å². The van der Waals surface area contributed by atoms with Gasteiger partial charge in [0.1, 0.15) is 5.92 Å². The number of likely N-dealkylation sites (N-methyl/N-ethyl adjacent to an activating group) is 1. The van der Waals surface area contributed by atoms with E-state index < -0.39 is 5.92 Å². The van der Waals surface area contributed by atoms with Crippen LogP contribution in [0.4, 0.5) is 11.4 Å². The van der Waals surface area contributed by atoms with Crippen molar-refractivity contribution in [2.24, 2.45) is 4.99 Å². The summed E-state index contributed by atoms with van der Waals surface area (Å²) in [6.07, 6.45) is 0.335. The van der Waals surface area contributed by atoms with Crippen molar-refractivity contribution in [2.75, 3.05) is 19.4 Å². The minimum Gasteiger partial charge on any atom is -0.349 e. The summed E-state index contributed by atoms with van der Waals surface area (Å²) in [4.78, 5) is 31.3. The van der Waals surface area contributed by atoms with Crippen LogP contribution in [0.25, 0.3) is 0 Å². The van der Waals surface area contributed by atoms with Gasteiger partial charge in [-0.3, -0.25) is 14.6 Å². The number of hydrogen-bond acceptors (Lipinski definition) is 3. The molecule has 6 heteroatoms. The third kappa shape index (κ3) is 4.52. The molecule has 1 aliphatic rings. The van der Waals surface area contributed by atoms with Crippen molar-refractivity contribution < 1.29 is 9.59 Å². The fourth-order valence-corrected chi connectivity index (χ4v) is 3.74. The van der Waals surface area contributed by atoms with Crippen LogP contribution in [0.2, 0.25) is 5.02 Å². The maximum absolute atomic E-state index is 12.9. The summed E-state index contributed by atoms with van der Waals surface area (Å²) in [5, 5.41) is 3.49. The summed E-state index contributed by atoms with van der Waals surface area (Å²) in [6.45, 7) is 0. The van der Waals surface area contributed by atoms with Gasteiger partial charge in [0.05, 0.1) is 17.8 Å². The molecule has 156 valence electrons. The molecule has 3 aromatic rings. The molecule has 0 saturated heterocycles. The first-order valence-electron chi connectivity index (χ1n) is 9.96. The Balaban J connectivity index is 1.73. The maximum atomic E-state index is 12.9. The van der Waals surface area contributed by atoms with E-state index in [4.69, 9.17) is 16.6 Å². The van der Waals surface area contributed by atoms with E-state index in [1.165, 1.54) is 0 Å². The van der Waals surface area contributed by atoms with Gasteiger partial charge in [-0.1, -0.05) is 60.1 Å². The number of benzene rings is 3. The Bertz CT molecular complexity index is 1160. The number of amides is 2. The van der Waals surface area contributed by atoms with Crippen LogP contribution in [0.15, 0.2) is 77.8 Å². The Morgan fingerprint density at radius 3 is 2.42 bits per heavy atom. The molecule has 0 aromatic heterocycles. The molecule has 5 nitrogen and oxygen atoms in total. The van der Waals surface area contributed by atoms with E-state index in [2.05, 4.69) is 5.32 Å². The number of aliphatic imine (C=N–C) groups is 1. The molecule has 1 aliphatic heterocycles. The quantitative estimate of drug-likeness (QED) is 0.588. The number of hydrogen-bond donors (Lipinski definition) is 1. The Morgan fingerprint density at radius 2 is 1.74 bits per heavy atom. The average Bonchev–Trinajstić information content (AvgIpc) is 3.08. The molecule has 0 bridgehead atoms. The van der Waals surface area contributed by atoms with Crippen LogP contribution in [0.5, 0.6) is 0 Å². The summed E-state index contributed by atoms with van der Waals surface area (Å²) >= 11 is 6.11. The van der Waals surface area contributed by atoms with E-state index in [0.717, 1.165) is 22.4 Å².